The van der Waals surface area contributed by atoms with Gasteiger partial charge in [0.15, 0.2) is 0 Å². The van der Waals surface area contributed by atoms with E-state index in [4.69, 9.17) is 9.15 Å². The number of phenolic OH excluding ortho intramolecular Hbond substituents is 1. The summed E-state index contributed by atoms with van der Waals surface area (Å²) in [6, 6.07) is 5.23. The van der Waals surface area contributed by atoms with Crippen LogP contribution < -0.4 is 10.2 Å². The van der Waals surface area contributed by atoms with Crippen LogP contribution >= 0.6 is 0 Å². The second-order valence-corrected chi connectivity index (χ2v) is 8.38. The van der Waals surface area contributed by atoms with Crippen molar-refractivity contribution < 1.29 is 19.4 Å². The van der Waals surface area contributed by atoms with E-state index in [1.165, 1.54) is 0 Å². The van der Waals surface area contributed by atoms with Gasteiger partial charge in [0, 0.05) is 11.5 Å². The first-order chi connectivity index (χ1) is 14.2. The lowest BCUT2D eigenvalue weighted by molar-refractivity contribution is 0.0701. The maximum atomic E-state index is 13.6. The number of aryl methyl sites for hydroxylation is 1. The first kappa shape index (κ1) is 20.2. The number of ether oxygens (including phenoxy) is 1. The lowest BCUT2D eigenvalue weighted by atomic mass is 9.85. The zero-order chi connectivity index (χ0) is 21.7. The van der Waals surface area contributed by atoms with E-state index < -0.39 is 6.10 Å². The summed E-state index contributed by atoms with van der Waals surface area (Å²) in [5.41, 5.74) is 4.04. The normalized spacial score (nSPS) is 18.2. The quantitative estimate of drug-likeness (QED) is 0.468. The molecule has 0 spiro atoms. The zero-order valence-electron chi connectivity index (χ0n) is 17.7. The molecular formula is C25H26O5. The molecule has 0 fully saturated rings. The number of allylic oxidation sites excluding steroid dienone is 2. The number of hydrogen-bond acceptors (Lipinski definition) is 5. The number of hydrogen-bond donors (Lipinski definition) is 2. The van der Waals surface area contributed by atoms with Gasteiger partial charge in [0.25, 0.3) is 0 Å². The smallest absolute Gasteiger partial charge is 0.204 e. The lowest BCUT2D eigenvalue weighted by Crippen LogP contribution is -2.28. The predicted octanol–water partition coefficient (Wildman–Crippen LogP) is 5.09. The summed E-state index contributed by atoms with van der Waals surface area (Å²) >= 11 is 0. The molecule has 2 heterocycles. The van der Waals surface area contributed by atoms with Gasteiger partial charge in [-0.1, -0.05) is 29.9 Å². The summed E-state index contributed by atoms with van der Waals surface area (Å²) in [4.78, 5) is 13.6. The molecule has 1 aliphatic heterocycles. The van der Waals surface area contributed by atoms with Gasteiger partial charge < -0.3 is 19.4 Å². The van der Waals surface area contributed by atoms with Gasteiger partial charge in [0.2, 0.25) is 5.43 Å². The van der Waals surface area contributed by atoms with Gasteiger partial charge in [-0.25, -0.2) is 0 Å². The Morgan fingerprint density at radius 3 is 2.63 bits per heavy atom. The third-order valence-electron chi connectivity index (χ3n) is 5.81. The van der Waals surface area contributed by atoms with Gasteiger partial charge in [-0.15, -0.1) is 0 Å². The molecule has 2 atom stereocenters. The molecule has 4 rings (SSSR count). The number of aliphatic hydroxyl groups excluding tert-OH is 1. The number of phenols is 1. The Hall–Kier alpha value is -3.05. The Kier molecular flexibility index (Phi) is 4.94. The van der Waals surface area contributed by atoms with Crippen molar-refractivity contribution in [3.8, 4) is 11.5 Å². The van der Waals surface area contributed by atoms with Crippen molar-refractivity contribution in [1.29, 1.82) is 0 Å². The third kappa shape index (κ3) is 3.10. The Bertz CT molecular complexity index is 1270. The molecular weight excluding hydrogens is 380 g/mol. The summed E-state index contributed by atoms with van der Waals surface area (Å²) in [7, 11) is 0. The molecule has 0 amide bonds. The fourth-order valence-electron chi connectivity index (χ4n) is 4.10. The van der Waals surface area contributed by atoms with Gasteiger partial charge >= 0.3 is 0 Å². The van der Waals surface area contributed by atoms with E-state index in [1.54, 1.807) is 18.2 Å². The maximum absolute atomic E-state index is 13.6. The molecule has 0 saturated carbocycles. The molecule has 1 aliphatic rings. The molecule has 3 aromatic rings. The minimum atomic E-state index is -0.940. The van der Waals surface area contributed by atoms with Gasteiger partial charge in [0.05, 0.1) is 18.1 Å². The fraction of sp³-hybridized carbons (Fsp3) is 0.320. The number of rotatable bonds is 3. The average Bonchev–Trinajstić information content (AvgIpc) is 2.67. The van der Waals surface area contributed by atoms with Gasteiger partial charge in [0.1, 0.15) is 28.1 Å². The largest absolute Gasteiger partial charge is 0.507 e. The standard InChI is InChI=1S/C25H26O5/c1-12(2)6-7-15-8-9-17-20(22(15)26)24(28)19-18(30-17)10-14(5)25-21(19)23(27)16(11-29-25)13(3)4/h6,8-10,16,23,26-27H,3,7,11H2,1-2,4-5H3. The number of benzene rings is 2. The lowest BCUT2D eigenvalue weighted by Gasteiger charge is -2.32. The van der Waals surface area contributed by atoms with Crippen molar-refractivity contribution in [2.75, 3.05) is 6.61 Å². The minimum absolute atomic E-state index is 0.0855. The van der Waals surface area contributed by atoms with Crippen molar-refractivity contribution in [1.82, 2.24) is 0 Å². The van der Waals surface area contributed by atoms with Crippen LogP contribution in [-0.2, 0) is 6.42 Å². The van der Waals surface area contributed by atoms with Crippen molar-refractivity contribution in [3.05, 3.63) is 68.9 Å². The molecule has 5 heteroatoms. The second kappa shape index (κ2) is 7.33. The van der Waals surface area contributed by atoms with E-state index in [0.29, 0.717) is 41.1 Å². The Morgan fingerprint density at radius 1 is 1.23 bits per heavy atom. The SMILES string of the molecule is C=C(C)C1COc2c(C)cc3oc4ccc(CC=C(C)C)c(O)c4c(=O)c3c2C1O. The molecule has 5 nitrogen and oxygen atoms in total. The van der Waals surface area contributed by atoms with E-state index in [0.717, 1.165) is 16.7 Å². The first-order valence-corrected chi connectivity index (χ1v) is 10.0. The van der Waals surface area contributed by atoms with E-state index in [9.17, 15) is 15.0 Å². The highest BCUT2D eigenvalue weighted by atomic mass is 16.5. The van der Waals surface area contributed by atoms with E-state index in [-0.39, 0.29) is 27.9 Å². The molecule has 2 N–H and O–H groups in total. The van der Waals surface area contributed by atoms with Crippen molar-refractivity contribution in [2.24, 2.45) is 5.92 Å². The third-order valence-corrected chi connectivity index (χ3v) is 5.81. The molecule has 0 saturated heterocycles. The molecule has 0 aliphatic carbocycles. The summed E-state index contributed by atoms with van der Waals surface area (Å²) in [6.07, 6.45) is 1.56. The highest BCUT2D eigenvalue weighted by molar-refractivity contribution is 5.96. The van der Waals surface area contributed by atoms with Crippen LogP contribution in [0.2, 0.25) is 0 Å². The average molecular weight is 406 g/mol. The van der Waals surface area contributed by atoms with Crippen molar-refractivity contribution in [3.63, 3.8) is 0 Å². The van der Waals surface area contributed by atoms with Crippen LogP contribution in [0.15, 0.2) is 51.2 Å². The Morgan fingerprint density at radius 2 is 1.97 bits per heavy atom. The van der Waals surface area contributed by atoms with Crippen molar-refractivity contribution >= 4 is 21.9 Å². The zero-order valence-corrected chi connectivity index (χ0v) is 17.7. The van der Waals surface area contributed by atoms with Crippen LogP contribution in [0.3, 0.4) is 0 Å². The molecule has 1 aromatic heterocycles. The van der Waals surface area contributed by atoms with Gasteiger partial charge in [-0.3, -0.25) is 4.79 Å². The van der Waals surface area contributed by atoms with E-state index in [2.05, 4.69) is 6.58 Å². The molecule has 0 radical (unpaired) electrons. The summed E-state index contributed by atoms with van der Waals surface area (Å²) in [5, 5.41) is 22.3. The van der Waals surface area contributed by atoms with Gasteiger partial charge in [-0.2, -0.15) is 0 Å². The minimum Gasteiger partial charge on any atom is -0.507 e. The highest BCUT2D eigenvalue weighted by Gasteiger charge is 2.34. The maximum Gasteiger partial charge on any atom is 0.204 e. The van der Waals surface area contributed by atoms with Crippen LogP contribution in [0.5, 0.6) is 11.5 Å². The Labute approximate surface area is 174 Å². The van der Waals surface area contributed by atoms with Crippen molar-refractivity contribution in [2.45, 2.75) is 40.2 Å². The molecule has 30 heavy (non-hydrogen) atoms. The Balaban J connectivity index is 2.07. The van der Waals surface area contributed by atoms with Crippen LogP contribution in [0.1, 0.15) is 43.6 Å². The molecule has 2 aromatic carbocycles. The molecule has 0 bridgehead atoms. The van der Waals surface area contributed by atoms with Crippen LogP contribution in [0.25, 0.3) is 21.9 Å². The number of fused-ring (bicyclic) bond motifs is 4. The highest BCUT2D eigenvalue weighted by Crippen LogP contribution is 2.44. The van der Waals surface area contributed by atoms with E-state index in [1.807, 2.05) is 33.8 Å². The monoisotopic (exact) mass is 406 g/mol. The molecule has 2 unspecified atom stereocenters. The van der Waals surface area contributed by atoms with Gasteiger partial charge in [-0.05, 0) is 57.4 Å². The molecule has 156 valence electrons. The predicted molar refractivity (Wildman–Crippen MR) is 118 cm³/mol. The fourth-order valence-corrected chi connectivity index (χ4v) is 4.10. The second-order valence-electron chi connectivity index (χ2n) is 8.38. The van der Waals surface area contributed by atoms with Crippen LogP contribution in [-0.4, -0.2) is 16.8 Å². The van der Waals surface area contributed by atoms with Crippen LogP contribution in [0.4, 0.5) is 0 Å². The number of aliphatic hydroxyl groups is 1. The van der Waals surface area contributed by atoms with E-state index >= 15 is 0 Å². The number of aromatic hydroxyl groups is 1. The van der Waals surface area contributed by atoms with Crippen LogP contribution in [0, 0.1) is 12.8 Å². The summed E-state index contributed by atoms with van der Waals surface area (Å²) in [5.74, 6) is 0.0900. The summed E-state index contributed by atoms with van der Waals surface area (Å²) in [6.45, 7) is 11.9. The first-order valence-electron chi connectivity index (χ1n) is 10.0. The topological polar surface area (TPSA) is 79.9 Å². The summed E-state index contributed by atoms with van der Waals surface area (Å²) < 4.78 is 11.9.